The summed E-state index contributed by atoms with van der Waals surface area (Å²) in [5.41, 5.74) is 2.12. The van der Waals surface area contributed by atoms with Crippen LogP contribution in [0.5, 0.6) is 0 Å². The molecular weight excluding hydrogens is 333 g/mol. The molecule has 0 fully saturated rings. The van der Waals surface area contributed by atoms with Gasteiger partial charge in [-0.3, -0.25) is 4.98 Å². The number of nitrogens with one attached hydrogen (secondary N) is 1. The van der Waals surface area contributed by atoms with Crippen molar-refractivity contribution >= 4 is 37.7 Å². The molecule has 0 spiro atoms. The van der Waals surface area contributed by atoms with Gasteiger partial charge in [0.25, 0.3) is 0 Å². The Morgan fingerprint density at radius 1 is 1.10 bits per heavy atom. The molecule has 0 unspecified atom stereocenters. The van der Waals surface area contributed by atoms with Crippen LogP contribution in [-0.2, 0) is 0 Å². The van der Waals surface area contributed by atoms with Gasteiger partial charge >= 0.3 is 0 Å². The fourth-order valence-electron chi connectivity index (χ4n) is 2.43. The molecule has 2 heterocycles. The molecule has 4 aromatic rings. The third-order valence-corrected chi connectivity index (χ3v) is 4.03. The topological polar surface area (TPSA) is 41.6 Å². The molecule has 5 heteroatoms. The summed E-state index contributed by atoms with van der Waals surface area (Å²) in [7, 11) is 0. The lowest BCUT2D eigenvalue weighted by Gasteiger charge is -2.01. The maximum Gasteiger partial charge on any atom is 0.157 e. The van der Waals surface area contributed by atoms with E-state index in [9.17, 15) is 4.39 Å². The van der Waals surface area contributed by atoms with E-state index >= 15 is 0 Å². The highest BCUT2D eigenvalue weighted by Crippen LogP contribution is 2.28. The van der Waals surface area contributed by atoms with Crippen LogP contribution in [-0.4, -0.2) is 15.0 Å². The van der Waals surface area contributed by atoms with E-state index in [4.69, 9.17) is 0 Å². The summed E-state index contributed by atoms with van der Waals surface area (Å²) in [6.07, 6.45) is 1.75. The van der Waals surface area contributed by atoms with Crippen molar-refractivity contribution in [3.8, 4) is 11.5 Å². The monoisotopic (exact) mass is 341 g/mol. The van der Waals surface area contributed by atoms with Gasteiger partial charge in [-0.25, -0.2) is 9.37 Å². The minimum Gasteiger partial charge on any atom is -0.337 e. The van der Waals surface area contributed by atoms with Gasteiger partial charge in [-0.05, 0) is 33.4 Å². The molecule has 0 saturated carbocycles. The molecule has 0 atom stereocenters. The van der Waals surface area contributed by atoms with Crippen molar-refractivity contribution in [1.29, 1.82) is 0 Å². The molecule has 0 radical (unpaired) electrons. The Morgan fingerprint density at radius 3 is 2.86 bits per heavy atom. The Bertz CT molecular complexity index is 934. The number of pyridine rings is 1. The zero-order chi connectivity index (χ0) is 14.4. The lowest BCUT2D eigenvalue weighted by atomic mass is 10.1. The number of rotatable bonds is 1. The first-order valence-corrected chi connectivity index (χ1v) is 7.20. The van der Waals surface area contributed by atoms with Crippen LogP contribution >= 0.6 is 15.9 Å². The number of hydrogen-bond donors (Lipinski definition) is 1. The van der Waals surface area contributed by atoms with E-state index in [1.807, 2.05) is 30.3 Å². The molecule has 4 rings (SSSR count). The Labute approximate surface area is 128 Å². The van der Waals surface area contributed by atoms with Crippen molar-refractivity contribution in [1.82, 2.24) is 15.0 Å². The molecule has 0 amide bonds. The number of nitrogens with zero attached hydrogens (tertiary/aromatic N) is 2. The number of hydrogen-bond acceptors (Lipinski definition) is 2. The van der Waals surface area contributed by atoms with Crippen molar-refractivity contribution in [3.63, 3.8) is 0 Å². The van der Waals surface area contributed by atoms with Crippen molar-refractivity contribution in [2.75, 3.05) is 0 Å². The van der Waals surface area contributed by atoms with Crippen molar-refractivity contribution in [2.24, 2.45) is 0 Å². The number of imidazole rings is 1. The van der Waals surface area contributed by atoms with E-state index in [2.05, 4.69) is 30.9 Å². The van der Waals surface area contributed by atoms with Crippen LogP contribution < -0.4 is 0 Å². The third kappa shape index (κ3) is 2.01. The molecular formula is C16H9BrFN3. The van der Waals surface area contributed by atoms with Crippen LogP contribution in [0.1, 0.15) is 0 Å². The van der Waals surface area contributed by atoms with Crippen molar-refractivity contribution in [3.05, 3.63) is 59.0 Å². The minimum absolute atomic E-state index is 0.316. The Kier molecular flexibility index (Phi) is 2.75. The zero-order valence-electron chi connectivity index (χ0n) is 10.8. The number of H-pyrrole nitrogens is 1. The van der Waals surface area contributed by atoms with Crippen LogP contribution in [0.3, 0.4) is 0 Å². The Hall–Kier alpha value is -2.27. The molecule has 0 aliphatic carbocycles. The fraction of sp³-hybridized carbons (Fsp3) is 0. The summed E-state index contributed by atoms with van der Waals surface area (Å²) in [5, 5.41) is 2.11. The molecule has 0 aliphatic rings. The first-order chi connectivity index (χ1) is 10.2. The van der Waals surface area contributed by atoms with Gasteiger partial charge in [0.05, 0.1) is 15.5 Å². The zero-order valence-corrected chi connectivity index (χ0v) is 12.4. The predicted molar refractivity (Wildman–Crippen MR) is 84.5 cm³/mol. The lowest BCUT2D eigenvalue weighted by Crippen LogP contribution is -1.87. The van der Waals surface area contributed by atoms with Crippen LogP contribution in [0.2, 0.25) is 0 Å². The molecule has 2 aromatic heterocycles. The minimum atomic E-state index is -0.316. The highest BCUT2D eigenvalue weighted by atomic mass is 79.9. The smallest absolute Gasteiger partial charge is 0.157 e. The summed E-state index contributed by atoms with van der Waals surface area (Å²) >= 11 is 3.18. The van der Waals surface area contributed by atoms with Crippen molar-refractivity contribution < 1.29 is 4.39 Å². The second kappa shape index (κ2) is 4.63. The molecule has 0 bridgehead atoms. The molecule has 0 saturated heterocycles. The summed E-state index contributed by atoms with van der Waals surface area (Å²) in [6, 6.07) is 13.0. The first-order valence-electron chi connectivity index (χ1n) is 6.41. The van der Waals surface area contributed by atoms with E-state index in [-0.39, 0.29) is 5.82 Å². The maximum atomic E-state index is 13.6. The summed E-state index contributed by atoms with van der Waals surface area (Å²) in [5.74, 6) is 0.322. The van der Waals surface area contributed by atoms with Gasteiger partial charge in [0.1, 0.15) is 11.5 Å². The Balaban J connectivity index is 2.00. The highest BCUT2D eigenvalue weighted by molar-refractivity contribution is 9.10. The van der Waals surface area contributed by atoms with Crippen LogP contribution in [0.25, 0.3) is 33.3 Å². The second-order valence-corrected chi connectivity index (χ2v) is 5.60. The second-order valence-electron chi connectivity index (χ2n) is 4.75. The molecule has 3 nitrogen and oxygen atoms in total. The van der Waals surface area contributed by atoms with E-state index in [1.165, 1.54) is 6.07 Å². The van der Waals surface area contributed by atoms with Gasteiger partial charge in [0, 0.05) is 17.6 Å². The van der Waals surface area contributed by atoms with Gasteiger partial charge < -0.3 is 4.98 Å². The molecule has 1 N–H and O–H groups in total. The molecule has 102 valence electrons. The normalized spacial score (nSPS) is 11.3. The van der Waals surface area contributed by atoms with Crippen LogP contribution in [0, 0.1) is 5.82 Å². The molecule has 0 aliphatic heterocycles. The van der Waals surface area contributed by atoms with Gasteiger partial charge in [0.2, 0.25) is 0 Å². The average molecular weight is 342 g/mol. The highest BCUT2D eigenvalue weighted by Gasteiger charge is 2.12. The number of benzene rings is 2. The number of aromatic amines is 1. The van der Waals surface area contributed by atoms with E-state index in [0.29, 0.717) is 21.3 Å². The largest absolute Gasteiger partial charge is 0.337 e. The predicted octanol–water partition coefficient (Wildman–Crippen LogP) is 4.68. The van der Waals surface area contributed by atoms with Gasteiger partial charge in [0.15, 0.2) is 5.82 Å². The summed E-state index contributed by atoms with van der Waals surface area (Å²) < 4.78 is 14.0. The summed E-state index contributed by atoms with van der Waals surface area (Å²) in [6.45, 7) is 0. The number of fused-ring (bicyclic) bond motifs is 2. The van der Waals surface area contributed by atoms with E-state index < -0.39 is 0 Å². The lowest BCUT2D eigenvalue weighted by molar-refractivity contribution is 0.623. The number of aromatic nitrogens is 3. The van der Waals surface area contributed by atoms with E-state index in [0.717, 1.165) is 16.5 Å². The quantitative estimate of drug-likeness (QED) is 0.546. The maximum absolute atomic E-state index is 13.6. The van der Waals surface area contributed by atoms with Crippen molar-refractivity contribution in [2.45, 2.75) is 0 Å². The van der Waals surface area contributed by atoms with Gasteiger partial charge in [-0.1, -0.05) is 24.3 Å². The van der Waals surface area contributed by atoms with Crippen LogP contribution in [0.4, 0.5) is 4.39 Å². The molecule has 2 aromatic carbocycles. The summed E-state index contributed by atoms with van der Waals surface area (Å²) in [4.78, 5) is 12.1. The average Bonchev–Trinajstić information content (AvgIpc) is 2.90. The first kappa shape index (κ1) is 12.5. The third-order valence-electron chi connectivity index (χ3n) is 3.42. The van der Waals surface area contributed by atoms with Gasteiger partial charge in [-0.2, -0.15) is 0 Å². The Morgan fingerprint density at radius 2 is 1.95 bits per heavy atom. The number of halogens is 2. The van der Waals surface area contributed by atoms with Crippen LogP contribution in [0.15, 0.2) is 53.1 Å². The molecule has 21 heavy (non-hydrogen) atoms. The SMILES string of the molecule is Fc1cc2[nH]c(-c3nccc4ccccc34)nc2cc1Br. The van der Waals surface area contributed by atoms with E-state index in [1.54, 1.807) is 12.3 Å². The fourth-order valence-corrected chi connectivity index (χ4v) is 2.76. The standard InChI is InChI=1S/C16H9BrFN3/c17-11-7-13-14(8-12(11)18)21-16(20-13)15-10-4-2-1-3-9(10)5-6-19-15/h1-8H,(H,20,21). The van der Waals surface area contributed by atoms with Gasteiger partial charge in [-0.15, -0.1) is 0 Å².